The van der Waals surface area contributed by atoms with Crippen LogP contribution < -0.4 is 4.74 Å². The standard InChI is InChI=1S/C13H13F3O3/c14-13(15,16)19-10-5-3-4-9(8-10)12(17)11-6-1-2-7-18-11/h3-5,8,11H,1-2,6-7H2. The molecule has 0 saturated carbocycles. The smallest absolute Gasteiger partial charge is 0.406 e. The Morgan fingerprint density at radius 3 is 2.74 bits per heavy atom. The van der Waals surface area contributed by atoms with E-state index in [1.54, 1.807) is 0 Å². The molecular formula is C13H13F3O3. The Morgan fingerprint density at radius 1 is 1.32 bits per heavy atom. The molecule has 1 saturated heterocycles. The van der Waals surface area contributed by atoms with Crippen molar-refractivity contribution in [3.05, 3.63) is 29.8 Å². The molecule has 6 heteroatoms. The number of halogens is 3. The lowest BCUT2D eigenvalue weighted by Crippen LogP contribution is -2.28. The van der Waals surface area contributed by atoms with Crippen LogP contribution in [0.25, 0.3) is 0 Å². The molecule has 0 aromatic heterocycles. The van der Waals surface area contributed by atoms with Crippen molar-refractivity contribution in [2.45, 2.75) is 31.7 Å². The molecule has 0 amide bonds. The van der Waals surface area contributed by atoms with Crippen LogP contribution in [0.4, 0.5) is 13.2 Å². The van der Waals surface area contributed by atoms with E-state index in [0.29, 0.717) is 13.0 Å². The molecule has 19 heavy (non-hydrogen) atoms. The van der Waals surface area contributed by atoms with Gasteiger partial charge >= 0.3 is 6.36 Å². The van der Waals surface area contributed by atoms with Crippen LogP contribution in [0.1, 0.15) is 29.6 Å². The van der Waals surface area contributed by atoms with Gasteiger partial charge in [-0.05, 0) is 31.4 Å². The van der Waals surface area contributed by atoms with Gasteiger partial charge in [-0.1, -0.05) is 12.1 Å². The Hall–Kier alpha value is -1.56. The van der Waals surface area contributed by atoms with Crippen LogP contribution in [-0.2, 0) is 4.74 Å². The molecule has 1 aromatic rings. The third-order valence-electron chi connectivity index (χ3n) is 2.82. The average Bonchev–Trinajstić information content (AvgIpc) is 2.37. The van der Waals surface area contributed by atoms with Crippen molar-refractivity contribution in [3.63, 3.8) is 0 Å². The van der Waals surface area contributed by atoms with Gasteiger partial charge in [-0.3, -0.25) is 4.79 Å². The second kappa shape index (κ2) is 5.61. The summed E-state index contributed by atoms with van der Waals surface area (Å²) < 4.78 is 45.4. The zero-order chi connectivity index (χ0) is 13.9. The van der Waals surface area contributed by atoms with Gasteiger partial charge in [0.05, 0.1) is 0 Å². The van der Waals surface area contributed by atoms with Gasteiger partial charge < -0.3 is 9.47 Å². The predicted molar refractivity (Wildman–Crippen MR) is 61.0 cm³/mol. The van der Waals surface area contributed by atoms with E-state index in [9.17, 15) is 18.0 Å². The average molecular weight is 274 g/mol. The van der Waals surface area contributed by atoms with E-state index in [1.807, 2.05) is 0 Å². The van der Waals surface area contributed by atoms with Crippen molar-refractivity contribution in [3.8, 4) is 5.75 Å². The molecule has 0 bridgehead atoms. The van der Waals surface area contributed by atoms with Gasteiger partial charge in [0.1, 0.15) is 11.9 Å². The van der Waals surface area contributed by atoms with E-state index in [-0.39, 0.29) is 11.3 Å². The molecule has 104 valence electrons. The number of carbonyl (C=O) groups excluding carboxylic acids is 1. The Morgan fingerprint density at radius 2 is 2.11 bits per heavy atom. The van der Waals surface area contributed by atoms with E-state index in [1.165, 1.54) is 12.1 Å². The van der Waals surface area contributed by atoms with Crippen LogP contribution in [0, 0.1) is 0 Å². The molecule has 1 unspecified atom stereocenters. The molecule has 3 nitrogen and oxygen atoms in total. The molecule has 1 fully saturated rings. The van der Waals surface area contributed by atoms with Crippen LogP contribution in [0.15, 0.2) is 24.3 Å². The van der Waals surface area contributed by atoms with Gasteiger partial charge in [0, 0.05) is 12.2 Å². The van der Waals surface area contributed by atoms with E-state index in [0.717, 1.165) is 25.0 Å². The lowest BCUT2D eigenvalue weighted by atomic mass is 10.00. The van der Waals surface area contributed by atoms with Crippen LogP contribution in [-0.4, -0.2) is 24.9 Å². The maximum absolute atomic E-state index is 12.1. The molecule has 0 N–H and O–H groups in total. The lowest BCUT2D eigenvalue weighted by Gasteiger charge is -2.21. The number of alkyl halides is 3. The molecule has 0 aliphatic carbocycles. The van der Waals surface area contributed by atoms with Gasteiger partial charge in [-0.15, -0.1) is 13.2 Å². The summed E-state index contributed by atoms with van der Waals surface area (Å²) in [6, 6.07) is 5.07. The Kier molecular flexibility index (Phi) is 4.09. The summed E-state index contributed by atoms with van der Waals surface area (Å²) in [5.74, 6) is -0.693. The van der Waals surface area contributed by atoms with Gasteiger partial charge in [0.2, 0.25) is 0 Å². The quantitative estimate of drug-likeness (QED) is 0.793. The van der Waals surface area contributed by atoms with E-state index >= 15 is 0 Å². The number of carbonyl (C=O) groups is 1. The molecule has 2 rings (SSSR count). The van der Waals surface area contributed by atoms with Crippen molar-refractivity contribution in [1.29, 1.82) is 0 Å². The normalized spacial score (nSPS) is 20.1. The Labute approximate surface area is 108 Å². The minimum absolute atomic E-state index is 0.175. The van der Waals surface area contributed by atoms with Gasteiger partial charge in [0.15, 0.2) is 5.78 Å². The highest BCUT2D eigenvalue weighted by atomic mass is 19.4. The fraction of sp³-hybridized carbons (Fsp3) is 0.462. The third-order valence-corrected chi connectivity index (χ3v) is 2.82. The van der Waals surface area contributed by atoms with Gasteiger partial charge in [0.25, 0.3) is 0 Å². The van der Waals surface area contributed by atoms with E-state index in [4.69, 9.17) is 4.74 Å². The van der Waals surface area contributed by atoms with Gasteiger partial charge in [-0.25, -0.2) is 0 Å². The van der Waals surface area contributed by atoms with E-state index in [2.05, 4.69) is 4.74 Å². The largest absolute Gasteiger partial charge is 0.573 e. The van der Waals surface area contributed by atoms with Crippen molar-refractivity contribution in [2.75, 3.05) is 6.61 Å². The van der Waals surface area contributed by atoms with Crippen LogP contribution in [0.3, 0.4) is 0 Å². The minimum Gasteiger partial charge on any atom is -0.406 e. The number of ether oxygens (including phenoxy) is 2. The SMILES string of the molecule is O=C(c1cccc(OC(F)(F)F)c1)C1CCCCO1. The molecular weight excluding hydrogens is 261 g/mol. The second-order valence-corrected chi connectivity index (χ2v) is 4.30. The lowest BCUT2D eigenvalue weighted by molar-refractivity contribution is -0.274. The minimum atomic E-state index is -4.76. The highest BCUT2D eigenvalue weighted by Crippen LogP contribution is 2.25. The van der Waals surface area contributed by atoms with E-state index < -0.39 is 18.2 Å². The maximum atomic E-state index is 12.1. The summed E-state index contributed by atoms with van der Waals surface area (Å²) in [4.78, 5) is 12.1. The van der Waals surface area contributed by atoms with Crippen LogP contribution in [0.2, 0.25) is 0 Å². The molecule has 1 aromatic carbocycles. The number of benzene rings is 1. The zero-order valence-electron chi connectivity index (χ0n) is 10.1. The maximum Gasteiger partial charge on any atom is 0.573 e. The first-order valence-corrected chi connectivity index (χ1v) is 5.97. The topological polar surface area (TPSA) is 35.5 Å². The molecule has 1 heterocycles. The zero-order valence-corrected chi connectivity index (χ0v) is 10.1. The summed E-state index contributed by atoms with van der Waals surface area (Å²) in [7, 11) is 0. The van der Waals surface area contributed by atoms with Crippen molar-refractivity contribution in [2.24, 2.45) is 0 Å². The number of hydrogen-bond donors (Lipinski definition) is 0. The summed E-state index contributed by atoms with van der Waals surface area (Å²) in [5.41, 5.74) is 0.175. The number of Topliss-reactive ketones (excluding diaryl/α,β-unsaturated/α-hetero) is 1. The highest BCUT2D eigenvalue weighted by Gasteiger charge is 2.31. The number of rotatable bonds is 3. The van der Waals surface area contributed by atoms with Crippen molar-refractivity contribution >= 4 is 5.78 Å². The second-order valence-electron chi connectivity index (χ2n) is 4.30. The molecule has 1 aliphatic heterocycles. The molecule has 0 spiro atoms. The van der Waals surface area contributed by atoms with Crippen molar-refractivity contribution in [1.82, 2.24) is 0 Å². The van der Waals surface area contributed by atoms with Gasteiger partial charge in [-0.2, -0.15) is 0 Å². The summed E-state index contributed by atoms with van der Waals surface area (Å²) in [6.45, 7) is 0.509. The first-order valence-electron chi connectivity index (χ1n) is 5.97. The Balaban J connectivity index is 2.11. The third kappa shape index (κ3) is 3.96. The predicted octanol–water partition coefficient (Wildman–Crippen LogP) is 3.34. The first kappa shape index (κ1) is 13.9. The molecule has 1 atom stereocenters. The molecule has 1 aliphatic rings. The summed E-state index contributed by atoms with van der Waals surface area (Å²) in [6.07, 6.45) is -2.93. The fourth-order valence-corrected chi connectivity index (χ4v) is 1.98. The number of hydrogen-bond acceptors (Lipinski definition) is 3. The summed E-state index contributed by atoms with van der Waals surface area (Å²) >= 11 is 0. The van der Waals surface area contributed by atoms with Crippen LogP contribution in [0.5, 0.6) is 5.75 Å². The van der Waals surface area contributed by atoms with Crippen molar-refractivity contribution < 1.29 is 27.4 Å². The fourth-order valence-electron chi connectivity index (χ4n) is 1.98. The molecule has 0 radical (unpaired) electrons. The summed E-state index contributed by atoms with van der Waals surface area (Å²) in [5, 5.41) is 0. The number of ketones is 1. The monoisotopic (exact) mass is 274 g/mol. The Bertz CT molecular complexity index is 451. The first-order chi connectivity index (χ1) is 8.96. The highest BCUT2D eigenvalue weighted by molar-refractivity contribution is 5.99. The van der Waals surface area contributed by atoms with Crippen LogP contribution >= 0.6 is 0 Å².